The number of aliphatic carboxylic acids is 1. The van der Waals surface area contributed by atoms with Gasteiger partial charge in [-0.25, -0.2) is 4.79 Å². The number of carboxylic acid groups (broad SMARTS) is 1. The Kier molecular flexibility index (Phi) is 38.8. The van der Waals surface area contributed by atoms with E-state index in [2.05, 4.69) is 40.7 Å². The molecular weight excluding hydrogens is 1970 g/mol. The SMILES string of the molecule is CC[C@H](C)[C@H](C[C@H](O)CC(=O)O[C@H]1[C@@H](O)[C@@H](C)O[C@@H](OC(=O)[C@]23CCC(C)(C)C[C@H]2C2=CCC4[C@@]5(C)CC[C@H](O[C@@H]6O[C@H](C(=O)O)[C@@H](O)[C@H](O[C@@H]7O[C@@H](C)[C@H](O)[C@@H](O)[C@H]7O)[C@H]6O[C@@H]6O[C@H](CO)[C@H](O)[C@H](O)[C@H]6O)[C@@](C)(C=O)[C@@H]5CC[C@@]4(C)[C@]2(C)CC3)[C@@H]1O[C@@H]1O[C@@H](C)[C@H](O[C@@H]2OC[C@@H](O)[C@H](O[C@@H]3OC[C@H](CO)[C@H]3O)[C@H]2O)[C@@H](O[C@@H]2O[C@H](CO)[C@@H](O)[C@H](O)[C@H]2O)[C@H]1O)OC(=O)C[C@@H](O)C[C@H](O[C@@H]1O[C@@H](CO)[C@H](O)[C@H]1O)[C@@H](C)CC. The first-order valence-electron chi connectivity index (χ1n) is 52.1. The maximum absolute atomic E-state index is 16.7. The predicted octanol–water partition coefficient (Wildman–Crippen LogP) is -5.56. The summed E-state index contributed by atoms with van der Waals surface area (Å²) in [4.78, 5) is 73.5. The lowest BCUT2D eigenvalue weighted by Crippen LogP contribution is -2.69. The van der Waals surface area contributed by atoms with Crippen molar-refractivity contribution in [2.75, 3.05) is 39.6 Å². The van der Waals surface area contributed by atoms with Crippen LogP contribution in [0.25, 0.3) is 0 Å². The zero-order valence-corrected chi connectivity index (χ0v) is 85.6. The average Bonchev–Trinajstić information content (AvgIpc) is 0.701. The van der Waals surface area contributed by atoms with Crippen molar-refractivity contribution in [3.8, 4) is 0 Å². The molecule has 9 saturated heterocycles. The second kappa shape index (κ2) is 48.2. The van der Waals surface area contributed by atoms with Crippen molar-refractivity contribution >= 4 is 30.2 Å². The summed E-state index contributed by atoms with van der Waals surface area (Å²) in [5.41, 5.74) is -4.59. The van der Waals surface area contributed by atoms with Crippen molar-refractivity contribution in [1.82, 2.24) is 0 Å². The summed E-state index contributed by atoms with van der Waals surface area (Å²) >= 11 is 0. The van der Waals surface area contributed by atoms with Gasteiger partial charge in [0.1, 0.15) is 165 Å². The second-order valence-electron chi connectivity index (χ2n) is 45.5. The summed E-state index contributed by atoms with van der Waals surface area (Å²) in [6.45, 7) is 19.7. The van der Waals surface area contributed by atoms with Crippen LogP contribution in [-0.4, -0.2) is 469 Å². The fourth-order valence-electron chi connectivity index (χ4n) is 25.7. The van der Waals surface area contributed by atoms with Gasteiger partial charge in [-0.2, -0.15) is 0 Å². The summed E-state index contributed by atoms with van der Waals surface area (Å²) in [6.07, 6.45) is -75.9. The Balaban J connectivity index is 0.755. The summed E-state index contributed by atoms with van der Waals surface area (Å²) in [5.74, 6) is -7.81. The Morgan fingerprint density at radius 1 is 0.439 bits per heavy atom. The lowest BCUT2D eigenvalue weighted by molar-refractivity contribution is -0.396. The Labute approximate surface area is 856 Å². The molecule has 49 heteroatoms. The van der Waals surface area contributed by atoms with E-state index in [4.69, 9.17) is 94.7 Å². The van der Waals surface area contributed by atoms with Gasteiger partial charge in [-0.15, -0.1) is 0 Å². The molecule has 14 rings (SSSR count). The normalized spacial score (nSPS) is 48.9. The molecule has 5 aliphatic carbocycles. The molecule has 850 valence electrons. The first-order valence-corrected chi connectivity index (χ1v) is 52.1. The van der Waals surface area contributed by atoms with E-state index in [1.54, 1.807) is 27.7 Å². The van der Waals surface area contributed by atoms with Crippen molar-refractivity contribution in [1.29, 1.82) is 0 Å². The smallest absolute Gasteiger partial charge is 0.335 e. The van der Waals surface area contributed by atoms with Gasteiger partial charge >= 0.3 is 23.9 Å². The van der Waals surface area contributed by atoms with Crippen LogP contribution in [0.1, 0.15) is 193 Å². The maximum atomic E-state index is 16.7. The van der Waals surface area contributed by atoms with Crippen molar-refractivity contribution in [2.24, 2.45) is 68.0 Å². The molecule has 49 nitrogen and oxygen atoms in total. The summed E-state index contributed by atoms with van der Waals surface area (Å²) in [6, 6.07) is 0. The number of esters is 3. The minimum atomic E-state index is -2.34. The number of aliphatic hydroxyl groups excluding tert-OH is 23. The van der Waals surface area contributed by atoms with E-state index in [0.717, 1.165) is 11.9 Å². The highest BCUT2D eigenvalue weighted by Gasteiger charge is 2.72. The molecule has 0 aromatic carbocycles. The number of rotatable bonds is 38. The first kappa shape index (κ1) is 119. The van der Waals surface area contributed by atoms with Gasteiger partial charge in [0.15, 0.2) is 68.6 Å². The quantitative estimate of drug-likeness (QED) is 0.00901. The minimum Gasteiger partial charge on any atom is -0.479 e. The van der Waals surface area contributed by atoms with E-state index in [1.165, 1.54) is 20.8 Å². The minimum absolute atomic E-state index is 0.0578. The van der Waals surface area contributed by atoms with E-state index < -0.39 is 409 Å². The van der Waals surface area contributed by atoms with Gasteiger partial charge in [-0.1, -0.05) is 93.7 Å². The number of carbonyl (C=O) groups is 5. The van der Waals surface area contributed by atoms with Gasteiger partial charge in [0.25, 0.3) is 0 Å². The number of carbonyl (C=O) groups excluding carboxylic acids is 4. The Morgan fingerprint density at radius 3 is 1.50 bits per heavy atom. The van der Waals surface area contributed by atoms with Crippen LogP contribution in [0, 0.1) is 68.0 Å². The fraction of sp³-hybridized carbons (Fsp3) is 0.929. The standard InChI is InChI=1S/C99H160O49/c1-14-38(3)49(134-57(108)28-45(106)27-50(39(4)15-2)135-87-68(119)64(115)53(34-103)136-87)26-44(105)29-58(109)140-77-60(111)41(6)132-91(81(77)147-90-74(125)79(144-88-70(121)66(117)62(113)51(32-101)137-88)75(42(7)133-90)141-85-73(124)76(48(107)36-130-85)142-84-61(112)43(31-100)35-129-84)148-93(128)99-24-22-94(8,9)30-47(99)46-16-17-55-95(10)20-19-56(96(11,37-104)54(95)18-21-98(55,13)97(46,12)23-25-99)139-92-82(146-89-71(122)67(118)63(114)52(33-102)138-89)78(72(123)80(145-92)83(126)127)143-86-69(120)65(116)59(110)40(5)131-86/h16,37-45,47-56,59-82,84-92,100-103,105-107,110-125H,14-15,17-36H2,1-13H3,(H,126,127)/t38-,39-,40-,41+,42-,43-,44-,45-,47-,48+,49-,50-,51+,52+,53-,54+,55?,56-,59-,60-,61+,62+,63-,64-,65+,66-,67-,68+,69+,70+,71+,72-,73+,74+,75-,76-,77-,78-,79-,80-,81+,82+,84-,85-,86-,87+,88-,89-,90-,91-,92+,95-,96-,97+,98+,99-/m0/s1. The third kappa shape index (κ3) is 23.5. The number of hydrogen-bond acceptors (Lipinski definition) is 48. The van der Waals surface area contributed by atoms with Crippen LogP contribution < -0.4 is 0 Å². The van der Waals surface area contributed by atoms with Gasteiger partial charge in [0.2, 0.25) is 6.29 Å². The van der Waals surface area contributed by atoms with E-state index in [-0.39, 0.29) is 44.1 Å². The molecule has 4 saturated carbocycles. The van der Waals surface area contributed by atoms with Crippen molar-refractivity contribution in [3.63, 3.8) is 0 Å². The van der Waals surface area contributed by atoms with Crippen LogP contribution in [0.3, 0.4) is 0 Å². The third-order valence-electron chi connectivity index (χ3n) is 35.6. The number of carboxylic acids is 1. The molecule has 0 spiro atoms. The fourth-order valence-corrected chi connectivity index (χ4v) is 25.7. The topological polar surface area (TPSA) is 755 Å². The molecule has 0 bridgehead atoms. The molecule has 1 unspecified atom stereocenters. The summed E-state index contributed by atoms with van der Waals surface area (Å²) in [5, 5.41) is 268. The third-order valence-corrected chi connectivity index (χ3v) is 35.6. The molecule has 9 heterocycles. The van der Waals surface area contributed by atoms with E-state index >= 15 is 9.59 Å². The number of allylic oxidation sites excluding steroid dienone is 2. The molecule has 9 aliphatic heterocycles. The van der Waals surface area contributed by atoms with Gasteiger partial charge < -0.3 is 222 Å². The molecule has 13 fully saturated rings. The molecule has 148 heavy (non-hydrogen) atoms. The predicted molar refractivity (Wildman–Crippen MR) is 492 cm³/mol. The van der Waals surface area contributed by atoms with Crippen molar-refractivity contribution in [2.45, 2.75) is 469 Å². The zero-order valence-electron chi connectivity index (χ0n) is 85.6. The Morgan fingerprint density at radius 2 is 0.919 bits per heavy atom. The second-order valence-corrected chi connectivity index (χ2v) is 45.5. The van der Waals surface area contributed by atoms with Crippen LogP contribution in [0.4, 0.5) is 0 Å². The van der Waals surface area contributed by atoms with Crippen LogP contribution in [0.2, 0.25) is 0 Å². The highest BCUT2D eigenvalue weighted by molar-refractivity contribution is 5.79. The highest BCUT2D eigenvalue weighted by Crippen LogP contribution is 2.76. The molecule has 24 N–H and O–H groups in total. The van der Waals surface area contributed by atoms with Gasteiger partial charge in [-0.3, -0.25) is 14.4 Å². The van der Waals surface area contributed by atoms with Crippen LogP contribution in [0.5, 0.6) is 0 Å². The molecule has 0 aromatic rings. The molecule has 0 amide bonds. The summed E-state index contributed by atoms with van der Waals surface area (Å²) in [7, 11) is 0. The number of aliphatic hydroxyl groups is 23. The number of fused-ring (bicyclic) bond motifs is 7. The van der Waals surface area contributed by atoms with Gasteiger partial charge in [0, 0.05) is 18.8 Å². The molecular formula is C99H160O49. The van der Waals surface area contributed by atoms with Crippen LogP contribution in [-0.2, 0) is 119 Å². The van der Waals surface area contributed by atoms with E-state index in [1.807, 2.05) is 6.92 Å². The first-order chi connectivity index (χ1) is 69.7. The Bertz CT molecular complexity index is 4390. The maximum Gasteiger partial charge on any atom is 0.335 e. The Hall–Kier alpha value is -4.31. The lowest BCUT2D eigenvalue weighted by Gasteiger charge is -2.71. The number of ether oxygens (including phenoxy) is 20. The monoisotopic (exact) mass is 2130 g/mol. The largest absolute Gasteiger partial charge is 0.479 e. The van der Waals surface area contributed by atoms with E-state index in [0.29, 0.717) is 57.8 Å². The van der Waals surface area contributed by atoms with Gasteiger partial charge in [0.05, 0.1) is 106 Å². The van der Waals surface area contributed by atoms with Crippen molar-refractivity contribution < 1.29 is 241 Å². The zero-order chi connectivity index (χ0) is 108. The molecule has 0 radical (unpaired) electrons. The molecule has 14 aliphatic rings. The molecule has 56 atom stereocenters. The van der Waals surface area contributed by atoms with Crippen molar-refractivity contribution in [3.05, 3.63) is 11.6 Å². The average molecular weight is 2130 g/mol. The van der Waals surface area contributed by atoms with E-state index in [9.17, 15) is 137 Å². The summed E-state index contributed by atoms with van der Waals surface area (Å²) < 4.78 is 123. The lowest BCUT2D eigenvalue weighted by atomic mass is 9.33. The molecule has 0 aromatic heterocycles. The number of aldehydes is 1. The highest BCUT2D eigenvalue weighted by atomic mass is 16.8. The van der Waals surface area contributed by atoms with Crippen LogP contribution >= 0.6 is 0 Å². The van der Waals surface area contributed by atoms with Crippen LogP contribution in [0.15, 0.2) is 11.6 Å². The van der Waals surface area contributed by atoms with Gasteiger partial charge in [-0.05, 0) is 136 Å². The number of hydrogen-bond donors (Lipinski definition) is 24.